The second-order valence-electron chi connectivity index (χ2n) is 6.32. The van der Waals surface area contributed by atoms with E-state index in [2.05, 4.69) is 10.6 Å². The molecule has 0 aliphatic rings. The molecular formula is C16H20ClFN2O4. The number of rotatable bonds is 6. The van der Waals surface area contributed by atoms with Crippen LogP contribution in [0, 0.1) is 11.2 Å². The summed E-state index contributed by atoms with van der Waals surface area (Å²) in [4.78, 5) is 34.7. The molecule has 132 valence electrons. The highest BCUT2D eigenvalue weighted by Gasteiger charge is 2.23. The highest BCUT2D eigenvalue weighted by Crippen LogP contribution is 2.22. The summed E-state index contributed by atoms with van der Waals surface area (Å²) in [5.41, 5.74) is -0.380. The highest BCUT2D eigenvalue weighted by molar-refractivity contribution is 6.30. The van der Waals surface area contributed by atoms with E-state index in [9.17, 15) is 18.8 Å². The molecule has 0 aliphatic heterocycles. The molecule has 1 aromatic rings. The quantitative estimate of drug-likeness (QED) is 0.727. The molecule has 0 saturated carbocycles. The first-order valence-corrected chi connectivity index (χ1v) is 7.63. The van der Waals surface area contributed by atoms with Crippen molar-refractivity contribution in [2.24, 2.45) is 5.41 Å². The SMILES string of the molecule is CC(C)(C)C(=O)NCC(=O)NC(CC(=O)O)c1ccc(Cl)c(F)c1. The molecule has 0 fully saturated rings. The highest BCUT2D eigenvalue weighted by atomic mass is 35.5. The van der Waals surface area contributed by atoms with Crippen LogP contribution < -0.4 is 10.6 Å². The lowest BCUT2D eigenvalue weighted by molar-refractivity contribution is -0.138. The molecule has 0 spiro atoms. The fourth-order valence-electron chi connectivity index (χ4n) is 1.83. The van der Waals surface area contributed by atoms with Crippen molar-refractivity contribution in [3.05, 3.63) is 34.6 Å². The minimum atomic E-state index is -1.16. The molecule has 1 atom stereocenters. The summed E-state index contributed by atoms with van der Waals surface area (Å²) in [6, 6.07) is 2.86. The van der Waals surface area contributed by atoms with Gasteiger partial charge in [-0.3, -0.25) is 14.4 Å². The minimum absolute atomic E-state index is 0.100. The maximum atomic E-state index is 13.6. The number of carbonyl (C=O) groups excluding carboxylic acids is 2. The lowest BCUT2D eigenvalue weighted by atomic mass is 9.96. The molecule has 1 aromatic carbocycles. The van der Waals surface area contributed by atoms with E-state index in [-0.39, 0.29) is 23.0 Å². The number of hydrogen-bond donors (Lipinski definition) is 3. The number of carbonyl (C=O) groups is 3. The van der Waals surface area contributed by atoms with Gasteiger partial charge in [-0.25, -0.2) is 4.39 Å². The van der Waals surface area contributed by atoms with E-state index in [1.165, 1.54) is 12.1 Å². The summed E-state index contributed by atoms with van der Waals surface area (Å²) in [6.07, 6.45) is -0.431. The smallest absolute Gasteiger partial charge is 0.305 e. The van der Waals surface area contributed by atoms with Crippen LogP contribution in [-0.2, 0) is 14.4 Å². The lowest BCUT2D eigenvalue weighted by Gasteiger charge is -2.20. The summed E-state index contributed by atoms with van der Waals surface area (Å²) in [6.45, 7) is 4.79. The first-order chi connectivity index (χ1) is 11.0. The predicted molar refractivity (Wildman–Crippen MR) is 87.0 cm³/mol. The zero-order chi connectivity index (χ0) is 18.5. The van der Waals surface area contributed by atoms with E-state index in [0.717, 1.165) is 6.07 Å². The Hall–Kier alpha value is -2.15. The fraction of sp³-hybridized carbons (Fsp3) is 0.438. The molecule has 0 aliphatic carbocycles. The standard InChI is InChI=1S/C16H20ClFN2O4/c1-16(2,3)15(24)19-8-13(21)20-12(7-14(22)23)9-4-5-10(17)11(18)6-9/h4-6,12H,7-8H2,1-3H3,(H,19,24)(H,20,21)(H,22,23). The first-order valence-electron chi connectivity index (χ1n) is 7.25. The zero-order valence-corrected chi connectivity index (χ0v) is 14.4. The molecule has 6 nitrogen and oxygen atoms in total. The number of amides is 2. The van der Waals surface area contributed by atoms with Gasteiger partial charge in [-0.2, -0.15) is 0 Å². The Bertz CT molecular complexity index is 643. The number of nitrogens with one attached hydrogen (secondary N) is 2. The van der Waals surface area contributed by atoms with Crippen LogP contribution >= 0.6 is 11.6 Å². The number of aliphatic carboxylic acids is 1. The Kier molecular flexibility index (Phi) is 6.71. The molecule has 0 heterocycles. The molecule has 1 rings (SSSR count). The fourth-order valence-corrected chi connectivity index (χ4v) is 1.94. The summed E-state index contributed by atoms with van der Waals surface area (Å²) in [5, 5.41) is 13.8. The van der Waals surface area contributed by atoms with Gasteiger partial charge in [0.25, 0.3) is 0 Å². The maximum Gasteiger partial charge on any atom is 0.305 e. The van der Waals surface area contributed by atoms with Crippen molar-refractivity contribution in [3.63, 3.8) is 0 Å². The van der Waals surface area contributed by atoms with Gasteiger partial charge >= 0.3 is 5.97 Å². The Balaban J connectivity index is 2.79. The van der Waals surface area contributed by atoms with Gasteiger partial charge < -0.3 is 15.7 Å². The van der Waals surface area contributed by atoms with Crippen LogP contribution in [0.25, 0.3) is 0 Å². The molecule has 2 amide bonds. The van der Waals surface area contributed by atoms with Crippen LogP contribution in [0.1, 0.15) is 38.8 Å². The van der Waals surface area contributed by atoms with Gasteiger partial charge in [-0.15, -0.1) is 0 Å². The zero-order valence-electron chi connectivity index (χ0n) is 13.7. The molecule has 8 heteroatoms. The number of halogens is 2. The third kappa shape index (κ3) is 6.16. The molecule has 24 heavy (non-hydrogen) atoms. The average molecular weight is 359 g/mol. The molecule has 0 bridgehead atoms. The van der Waals surface area contributed by atoms with E-state index >= 15 is 0 Å². The Morgan fingerprint density at radius 1 is 1.29 bits per heavy atom. The van der Waals surface area contributed by atoms with Crippen molar-refractivity contribution in [1.29, 1.82) is 0 Å². The molecule has 1 unspecified atom stereocenters. The van der Waals surface area contributed by atoms with Crippen molar-refractivity contribution in [3.8, 4) is 0 Å². The van der Waals surface area contributed by atoms with E-state index in [1.807, 2.05) is 0 Å². The van der Waals surface area contributed by atoms with Gasteiger partial charge in [0, 0.05) is 5.41 Å². The minimum Gasteiger partial charge on any atom is -0.481 e. The van der Waals surface area contributed by atoms with Crippen molar-refractivity contribution >= 4 is 29.4 Å². The van der Waals surface area contributed by atoms with Gasteiger partial charge in [0.15, 0.2) is 0 Å². The summed E-state index contributed by atoms with van der Waals surface area (Å²) >= 11 is 5.60. The second kappa shape index (κ2) is 8.10. The summed E-state index contributed by atoms with van der Waals surface area (Å²) in [7, 11) is 0. The number of carboxylic acid groups (broad SMARTS) is 1. The van der Waals surface area contributed by atoms with E-state index < -0.39 is 35.6 Å². The summed E-state index contributed by atoms with van der Waals surface area (Å²) < 4.78 is 13.6. The second-order valence-corrected chi connectivity index (χ2v) is 6.73. The largest absolute Gasteiger partial charge is 0.481 e. The molecular weight excluding hydrogens is 339 g/mol. The van der Waals surface area contributed by atoms with Crippen LogP contribution in [0.2, 0.25) is 5.02 Å². The Morgan fingerprint density at radius 2 is 1.92 bits per heavy atom. The normalized spacial score (nSPS) is 12.4. The van der Waals surface area contributed by atoms with E-state index in [1.54, 1.807) is 20.8 Å². The first kappa shape index (κ1) is 19.9. The maximum absolute atomic E-state index is 13.6. The lowest BCUT2D eigenvalue weighted by Crippen LogP contribution is -2.42. The van der Waals surface area contributed by atoms with E-state index in [4.69, 9.17) is 16.7 Å². The van der Waals surface area contributed by atoms with Crippen LogP contribution in [0.15, 0.2) is 18.2 Å². The van der Waals surface area contributed by atoms with Crippen molar-refractivity contribution in [2.75, 3.05) is 6.54 Å². The number of carboxylic acids is 1. The van der Waals surface area contributed by atoms with Gasteiger partial charge in [0.1, 0.15) is 5.82 Å². The number of hydrogen-bond acceptors (Lipinski definition) is 3. The topological polar surface area (TPSA) is 95.5 Å². The van der Waals surface area contributed by atoms with Gasteiger partial charge in [-0.05, 0) is 17.7 Å². The van der Waals surface area contributed by atoms with Gasteiger partial charge in [0.05, 0.1) is 24.0 Å². The predicted octanol–water partition coefficient (Wildman–Crippen LogP) is 2.27. The van der Waals surface area contributed by atoms with Crippen molar-refractivity contribution in [1.82, 2.24) is 10.6 Å². The van der Waals surface area contributed by atoms with Crippen LogP contribution in [0.4, 0.5) is 4.39 Å². The molecule has 0 aromatic heterocycles. The van der Waals surface area contributed by atoms with Crippen LogP contribution in [-0.4, -0.2) is 29.4 Å². The summed E-state index contributed by atoms with van der Waals surface area (Å²) in [5.74, 6) is -2.76. The van der Waals surface area contributed by atoms with Crippen LogP contribution in [0.5, 0.6) is 0 Å². The Labute approximate surface area is 144 Å². The van der Waals surface area contributed by atoms with Crippen molar-refractivity contribution in [2.45, 2.75) is 33.2 Å². The monoisotopic (exact) mass is 358 g/mol. The van der Waals surface area contributed by atoms with E-state index in [0.29, 0.717) is 0 Å². The molecule has 0 saturated heterocycles. The number of benzene rings is 1. The van der Waals surface area contributed by atoms with Gasteiger partial charge in [-0.1, -0.05) is 38.4 Å². The van der Waals surface area contributed by atoms with Crippen molar-refractivity contribution < 1.29 is 23.9 Å². The van der Waals surface area contributed by atoms with Crippen LogP contribution in [0.3, 0.4) is 0 Å². The molecule has 3 N–H and O–H groups in total. The third-order valence-electron chi connectivity index (χ3n) is 3.15. The Morgan fingerprint density at radius 3 is 2.42 bits per heavy atom. The van der Waals surface area contributed by atoms with Gasteiger partial charge in [0.2, 0.25) is 11.8 Å². The third-order valence-corrected chi connectivity index (χ3v) is 3.46. The molecule has 0 radical (unpaired) electrons. The average Bonchev–Trinajstić information content (AvgIpc) is 2.45.